The summed E-state index contributed by atoms with van der Waals surface area (Å²) in [6.45, 7) is 0.856. The average molecular weight is 290 g/mol. The highest BCUT2D eigenvalue weighted by molar-refractivity contribution is 5.83. The molecule has 0 saturated carbocycles. The number of likely N-dealkylation sites (N-methyl/N-ethyl adjacent to an activating group) is 1. The first-order valence-corrected chi connectivity index (χ1v) is 7.73. The highest BCUT2D eigenvalue weighted by atomic mass is 14.8. The van der Waals surface area contributed by atoms with E-state index in [2.05, 4.69) is 59.9 Å². The maximum absolute atomic E-state index is 6.56. The molecule has 2 nitrogen and oxygen atoms in total. The summed E-state index contributed by atoms with van der Waals surface area (Å²) in [6.07, 6.45) is 0. The van der Waals surface area contributed by atoms with Crippen molar-refractivity contribution in [2.24, 2.45) is 5.73 Å². The van der Waals surface area contributed by atoms with E-state index in [0.717, 1.165) is 6.54 Å². The smallest absolute Gasteiger partial charge is 0.0376 e. The second-order valence-corrected chi connectivity index (χ2v) is 5.71. The Balaban J connectivity index is 1.98. The van der Waals surface area contributed by atoms with Gasteiger partial charge in [-0.3, -0.25) is 0 Å². The van der Waals surface area contributed by atoms with Crippen molar-refractivity contribution in [2.45, 2.75) is 12.0 Å². The van der Waals surface area contributed by atoms with Crippen molar-refractivity contribution in [3.8, 4) is 0 Å². The minimum Gasteiger partial charge on any atom is -0.323 e. The summed E-state index contributed by atoms with van der Waals surface area (Å²) in [5.74, 6) is 0.247. The molecule has 0 unspecified atom stereocenters. The maximum atomic E-state index is 6.56. The summed E-state index contributed by atoms with van der Waals surface area (Å²) in [4.78, 5) is 0. The van der Waals surface area contributed by atoms with Crippen molar-refractivity contribution in [1.29, 1.82) is 0 Å². The molecule has 2 atom stereocenters. The van der Waals surface area contributed by atoms with Crippen molar-refractivity contribution in [3.05, 3.63) is 83.9 Å². The van der Waals surface area contributed by atoms with Gasteiger partial charge in [-0.15, -0.1) is 0 Å². The Morgan fingerprint density at radius 3 is 2.23 bits per heavy atom. The highest BCUT2D eigenvalue weighted by Crippen LogP contribution is 2.30. The zero-order chi connectivity index (χ0) is 15.4. The van der Waals surface area contributed by atoms with Gasteiger partial charge in [-0.25, -0.2) is 0 Å². The van der Waals surface area contributed by atoms with Crippen molar-refractivity contribution >= 4 is 10.8 Å². The number of nitrogens with two attached hydrogens (primary N) is 1. The Morgan fingerprint density at radius 1 is 0.818 bits per heavy atom. The highest BCUT2D eigenvalue weighted by Gasteiger charge is 2.20. The summed E-state index contributed by atoms with van der Waals surface area (Å²) >= 11 is 0. The monoisotopic (exact) mass is 290 g/mol. The number of benzene rings is 3. The molecule has 0 spiro atoms. The molecule has 22 heavy (non-hydrogen) atoms. The first-order valence-electron chi connectivity index (χ1n) is 7.73. The van der Waals surface area contributed by atoms with E-state index in [1.807, 2.05) is 25.2 Å². The van der Waals surface area contributed by atoms with Crippen molar-refractivity contribution in [2.75, 3.05) is 13.6 Å². The van der Waals surface area contributed by atoms with Crippen LogP contribution in [0, 0.1) is 0 Å². The molecule has 0 saturated heterocycles. The van der Waals surface area contributed by atoms with Gasteiger partial charge in [-0.1, -0.05) is 72.8 Å². The molecule has 0 fully saturated rings. The molecule has 0 aliphatic carbocycles. The lowest BCUT2D eigenvalue weighted by atomic mass is 9.86. The molecule has 3 aromatic carbocycles. The molecular weight excluding hydrogens is 268 g/mol. The van der Waals surface area contributed by atoms with Crippen LogP contribution in [0.1, 0.15) is 23.1 Å². The Morgan fingerprint density at radius 2 is 1.50 bits per heavy atom. The van der Waals surface area contributed by atoms with E-state index in [1.165, 1.54) is 21.9 Å². The van der Waals surface area contributed by atoms with Gasteiger partial charge >= 0.3 is 0 Å². The fourth-order valence-corrected chi connectivity index (χ4v) is 3.02. The van der Waals surface area contributed by atoms with Gasteiger partial charge in [0, 0.05) is 18.5 Å². The second-order valence-electron chi connectivity index (χ2n) is 5.71. The maximum Gasteiger partial charge on any atom is 0.0376 e. The van der Waals surface area contributed by atoms with Gasteiger partial charge in [0.2, 0.25) is 0 Å². The molecule has 3 N–H and O–H groups in total. The van der Waals surface area contributed by atoms with Crippen LogP contribution in [0.3, 0.4) is 0 Å². The summed E-state index contributed by atoms with van der Waals surface area (Å²) in [6, 6.07) is 25.4. The van der Waals surface area contributed by atoms with Crippen molar-refractivity contribution < 1.29 is 0 Å². The minimum absolute atomic E-state index is 0.0187. The summed E-state index contributed by atoms with van der Waals surface area (Å²) in [7, 11) is 1.98. The van der Waals surface area contributed by atoms with Crippen molar-refractivity contribution in [1.82, 2.24) is 5.32 Å². The molecule has 3 aromatic rings. The van der Waals surface area contributed by atoms with Gasteiger partial charge in [0.25, 0.3) is 0 Å². The first-order chi connectivity index (χ1) is 10.8. The fourth-order valence-electron chi connectivity index (χ4n) is 3.02. The Hall–Kier alpha value is -2.16. The zero-order valence-electron chi connectivity index (χ0n) is 12.9. The Bertz CT molecular complexity index is 737. The average Bonchev–Trinajstić information content (AvgIpc) is 2.59. The number of fused-ring (bicyclic) bond motifs is 1. The van der Waals surface area contributed by atoms with E-state index < -0.39 is 0 Å². The van der Waals surface area contributed by atoms with Crippen LogP contribution in [-0.4, -0.2) is 13.6 Å². The minimum atomic E-state index is -0.0187. The number of hydrogen-bond donors (Lipinski definition) is 2. The van der Waals surface area contributed by atoms with Gasteiger partial charge in [0.15, 0.2) is 0 Å². The summed E-state index contributed by atoms with van der Waals surface area (Å²) < 4.78 is 0. The summed E-state index contributed by atoms with van der Waals surface area (Å²) in [5, 5.41) is 5.82. The Kier molecular flexibility index (Phi) is 4.52. The standard InChI is InChI=1S/C20H22N2/c1-22-14-19(20(21)16-8-3-2-4-9-16)18-12-11-15-7-5-6-10-17(15)13-18/h2-13,19-20,22H,14,21H2,1H3/t19-,20+/m0/s1. The van der Waals surface area contributed by atoms with Crippen LogP contribution in [0.25, 0.3) is 10.8 Å². The van der Waals surface area contributed by atoms with E-state index in [1.54, 1.807) is 0 Å². The van der Waals surface area contributed by atoms with Gasteiger partial charge in [0.05, 0.1) is 0 Å². The Labute approximate surface area is 132 Å². The van der Waals surface area contributed by atoms with Crippen LogP contribution in [0.15, 0.2) is 72.8 Å². The van der Waals surface area contributed by atoms with Crippen LogP contribution in [-0.2, 0) is 0 Å². The van der Waals surface area contributed by atoms with E-state index in [-0.39, 0.29) is 12.0 Å². The predicted molar refractivity (Wildman–Crippen MR) is 94.0 cm³/mol. The second kappa shape index (κ2) is 6.73. The molecule has 0 radical (unpaired) electrons. The van der Waals surface area contributed by atoms with E-state index in [9.17, 15) is 0 Å². The number of rotatable bonds is 5. The number of nitrogens with one attached hydrogen (secondary N) is 1. The molecule has 0 bridgehead atoms. The van der Waals surface area contributed by atoms with Crippen LogP contribution < -0.4 is 11.1 Å². The lowest BCUT2D eigenvalue weighted by molar-refractivity contribution is 0.527. The normalized spacial score (nSPS) is 13.9. The van der Waals surface area contributed by atoms with Crippen molar-refractivity contribution in [3.63, 3.8) is 0 Å². The molecule has 0 aromatic heterocycles. The molecule has 2 heteroatoms. The SMILES string of the molecule is CNC[C@@H](c1ccc2ccccc2c1)[C@H](N)c1ccccc1. The molecule has 0 aliphatic heterocycles. The quantitative estimate of drug-likeness (QED) is 0.749. The first kappa shape index (κ1) is 14.8. The van der Waals surface area contributed by atoms with E-state index >= 15 is 0 Å². The van der Waals surface area contributed by atoms with Crippen LogP contribution in [0.4, 0.5) is 0 Å². The van der Waals surface area contributed by atoms with Gasteiger partial charge in [0.1, 0.15) is 0 Å². The molecule has 112 valence electrons. The molecule has 0 heterocycles. The number of hydrogen-bond acceptors (Lipinski definition) is 2. The lowest BCUT2D eigenvalue weighted by Gasteiger charge is -2.25. The van der Waals surface area contributed by atoms with E-state index in [4.69, 9.17) is 5.73 Å². The van der Waals surface area contributed by atoms with Crippen LogP contribution in [0.2, 0.25) is 0 Å². The molecule has 3 rings (SSSR count). The zero-order valence-corrected chi connectivity index (χ0v) is 12.9. The van der Waals surface area contributed by atoms with Gasteiger partial charge in [-0.2, -0.15) is 0 Å². The fraction of sp³-hybridized carbons (Fsp3) is 0.200. The lowest BCUT2D eigenvalue weighted by Crippen LogP contribution is -2.28. The topological polar surface area (TPSA) is 38.0 Å². The van der Waals surface area contributed by atoms with Gasteiger partial charge < -0.3 is 11.1 Å². The van der Waals surface area contributed by atoms with E-state index in [0.29, 0.717) is 0 Å². The van der Waals surface area contributed by atoms with Gasteiger partial charge in [-0.05, 0) is 28.9 Å². The van der Waals surface area contributed by atoms with Crippen LogP contribution >= 0.6 is 0 Å². The largest absolute Gasteiger partial charge is 0.323 e. The summed E-state index contributed by atoms with van der Waals surface area (Å²) in [5.41, 5.74) is 9.02. The predicted octanol–water partition coefficient (Wildman–Crippen LogP) is 3.84. The third-order valence-corrected chi connectivity index (χ3v) is 4.24. The molecule has 0 amide bonds. The molecular formula is C20H22N2. The third-order valence-electron chi connectivity index (χ3n) is 4.24. The van der Waals surface area contributed by atoms with Crippen LogP contribution in [0.5, 0.6) is 0 Å². The third kappa shape index (κ3) is 3.03. The molecule has 0 aliphatic rings.